The second-order valence-electron chi connectivity index (χ2n) is 6.75. The molecule has 0 aromatic heterocycles. The molecule has 142 valence electrons. The number of nitrogens with one attached hydrogen (secondary N) is 1. The predicted octanol–water partition coefficient (Wildman–Crippen LogP) is 3.15. The molecule has 27 heavy (non-hydrogen) atoms. The molecule has 2 aromatic carbocycles. The van der Waals surface area contributed by atoms with Gasteiger partial charge in [0.15, 0.2) is 0 Å². The number of anilines is 3. The Labute approximate surface area is 159 Å². The molecular weight excluding hydrogens is 342 g/mol. The molecular formula is C21H25N3O3. The van der Waals surface area contributed by atoms with Crippen LogP contribution in [0.4, 0.5) is 17.1 Å². The first-order valence-electron chi connectivity index (χ1n) is 9.08. The lowest BCUT2D eigenvalue weighted by molar-refractivity contribution is -0.117. The van der Waals surface area contributed by atoms with E-state index in [1.807, 2.05) is 62.3 Å². The summed E-state index contributed by atoms with van der Waals surface area (Å²) in [6, 6.07) is 15.1. The zero-order valence-electron chi connectivity index (χ0n) is 15.9. The van der Waals surface area contributed by atoms with Crippen LogP contribution in [-0.2, 0) is 9.53 Å². The summed E-state index contributed by atoms with van der Waals surface area (Å²) in [5, 5.41) is 2.84. The van der Waals surface area contributed by atoms with Crippen LogP contribution in [0, 0.1) is 0 Å². The van der Waals surface area contributed by atoms with Crippen molar-refractivity contribution in [1.82, 2.24) is 0 Å². The average Bonchev–Trinajstić information content (AvgIpc) is 2.69. The first-order chi connectivity index (χ1) is 13.0. The minimum atomic E-state index is -0.379. The summed E-state index contributed by atoms with van der Waals surface area (Å²) in [5.74, 6) is -0.463. The predicted molar refractivity (Wildman–Crippen MR) is 108 cm³/mol. The summed E-state index contributed by atoms with van der Waals surface area (Å²) in [4.78, 5) is 28.3. The second kappa shape index (κ2) is 8.12. The third-order valence-corrected chi connectivity index (χ3v) is 4.90. The molecule has 1 amide bonds. The van der Waals surface area contributed by atoms with Gasteiger partial charge in [-0.05, 0) is 43.7 Å². The first kappa shape index (κ1) is 18.8. The summed E-state index contributed by atoms with van der Waals surface area (Å²) in [6.45, 7) is 2.98. The lowest BCUT2D eigenvalue weighted by Crippen LogP contribution is -2.43. The molecule has 0 fully saturated rings. The Morgan fingerprint density at radius 1 is 1.22 bits per heavy atom. The quantitative estimate of drug-likeness (QED) is 0.628. The smallest absolute Gasteiger partial charge is 0.338 e. The van der Waals surface area contributed by atoms with Crippen LogP contribution >= 0.6 is 0 Å². The number of fused-ring (bicyclic) bond motifs is 1. The molecule has 1 aliphatic rings. The van der Waals surface area contributed by atoms with Gasteiger partial charge in [0.05, 0.1) is 23.5 Å². The molecule has 0 aliphatic carbocycles. The fourth-order valence-corrected chi connectivity index (χ4v) is 3.05. The molecule has 0 saturated heterocycles. The first-order valence-corrected chi connectivity index (χ1v) is 9.08. The van der Waals surface area contributed by atoms with Crippen LogP contribution < -0.4 is 15.1 Å². The van der Waals surface area contributed by atoms with E-state index in [0.29, 0.717) is 17.9 Å². The highest BCUT2D eigenvalue weighted by atomic mass is 16.5. The number of benzene rings is 2. The maximum absolute atomic E-state index is 12.3. The van der Waals surface area contributed by atoms with Gasteiger partial charge in [0.25, 0.3) is 0 Å². The standard InChI is InChI=1S/C21H25N3O3/c1-15-20(25)22-18-14-16(10-11-19(18)24(15)3)21(26)27-13-7-12-23(2)17-8-5-4-6-9-17/h4-6,8-11,14-15H,7,12-13H2,1-3H3,(H,22,25). The number of para-hydroxylation sites is 1. The monoisotopic (exact) mass is 367 g/mol. The number of ether oxygens (including phenoxy) is 1. The third-order valence-electron chi connectivity index (χ3n) is 4.90. The van der Waals surface area contributed by atoms with Crippen LogP contribution in [0.1, 0.15) is 23.7 Å². The maximum Gasteiger partial charge on any atom is 0.338 e. The number of hydrogen-bond acceptors (Lipinski definition) is 5. The van der Waals surface area contributed by atoms with Crippen molar-refractivity contribution in [3.05, 3.63) is 54.1 Å². The highest BCUT2D eigenvalue weighted by molar-refractivity contribution is 6.04. The van der Waals surface area contributed by atoms with Gasteiger partial charge >= 0.3 is 5.97 Å². The molecule has 6 nitrogen and oxygen atoms in total. The van der Waals surface area contributed by atoms with Crippen molar-refractivity contribution in [1.29, 1.82) is 0 Å². The number of amides is 1. The van der Waals surface area contributed by atoms with E-state index in [0.717, 1.165) is 24.3 Å². The number of carbonyl (C=O) groups is 2. The molecule has 3 rings (SSSR count). The van der Waals surface area contributed by atoms with Crippen molar-refractivity contribution in [2.24, 2.45) is 0 Å². The van der Waals surface area contributed by atoms with E-state index < -0.39 is 0 Å². The van der Waals surface area contributed by atoms with Crippen molar-refractivity contribution in [2.75, 3.05) is 42.4 Å². The van der Waals surface area contributed by atoms with Crippen LogP contribution in [0.25, 0.3) is 0 Å². The molecule has 0 radical (unpaired) electrons. The van der Waals surface area contributed by atoms with Crippen LogP contribution in [0.3, 0.4) is 0 Å². The molecule has 1 aliphatic heterocycles. The summed E-state index contributed by atoms with van der Waals surface area (Å²) < 4.78 is 5.39. The third kappa shape index (κ3) is 4.22. The summed E-state index contributed by atoms with van der Waals surface area (Å²) in [5.41, 5.74) is 3.10. The number of nitrogens with zero attached hydrogens (tertiary/aromatic N) is 2. The molecule has 1 unspecified atom stereocenters. The van der Waals surface area contributed by atoms with Gasteiger partial charge in [0, 0.05) is 26.3 Å². The van der Waals surface area contributed by atoms with Gasteiger partial charge in [-0.3, -0.25) is 4.79 Å². The van der Waals surface area contributed by atoms with Crippen molar-refractivity contribution < 1.29 is 14.3 Å². The van der Waals surface area contributed by atoms with E-state index in [4.69, 9.17) is 4.74 Å². The van der Waals surface area contributed by atoms with Crippen molar-refractivity contribution in [2.45, 2.75) is 19.4 Å². The van der Waals surface area contributed by atoms with E-state index in [-0.39, 0.29) is 17.9 Å². The Morgan fingerprint density at radius 2 is 1.96 bits per heavy atom. The lowest BCUT2D eigenvalue weighted by Gasteiger charge is -2.33. The van der Waals surface area contributed by atoms with E-state index in [1.54, 1.807) is 12.1 Å². The second-order valence-corrected chi connectivity index (χ2v) is 6.75. The average molecular weight is 367 g/mol. The highest BCUT2D eigenvalue weighted by Crippen LogP contribution is 2.31. The highest BCUT2D eigenvalue weighted by Gasteiger charge is 2.27. The number of carbonyl (C=O) groups excluding carboxylic acids is 2. The van der Waals surface area contributed by atoms with Crippen LogP contribution in [0.15, 0.2) is 48.5 Å². The Bertz CT molecular complexity index is 823. The van der Waals surface area contributed by atoms with Crippen molar-refractivity contribution >= 4 is 28.9 Å². The number of hydrogen-bond donors (Lipinski definition) is 1. The van der Waals surface area contributed by atoms with E-state index in [2.05, 4.69) is 10.2 Å². The molecule has 1 atom stereocenters. The molecule has 0 spiro atoms. The molecule has 2 aromatic rings. The van der Waals surface area contributed by atoms with Gasteiger partial charge < -0.3 is 19.9 Å². The Balaban J connectivity index is 1.53. The molecule has 1 heterocycles. The summed E-state index contributed by atoms with van der Waals surface area (Å²) >= 11 is 0. The largest absolute Gasteiger partial charge is 0.462 e. The van der Waals surface area contributed by atoms with Gasteiger partial charge in [0.2, 0.25) is 5.91 Å². The van der Waals surface area contributed by atoms with E-state index >= 15 is 0 Å². The van der Waals surface area contributed by atoms with Crippen LogP contribution in [0.5, 0.6) is 0 Å². The Morgan fingerprint density at radius 3 is 2.70 bits per heavy atom. The fraction of sp³-hybridized carbons (Fsp3) is 0.333. The zero-order chi connectivity index (χ0) is 19.4. The van der Waals surface area contributed by atoms with Gasteiger partial charge in [-0.15, -0.1) is 0 Å². The minimum absolute atomic E-state index is 0.0838. The maximum atomic E-state index is 12.3. The topological polar surface area (TPSA) is 61.9 Å². The lowest BCUT2D eigenvalue weighted by atomic mass is 10.1. The van der Waals surface area contributed by atoms with E-state index in [1.165, 1.54) is 0 Å². The Hall–Kier alpha value is -3.02. The SMILES string of the molecule is CC1C(=O)Nc2cc(C(=O)OCCCN(C)c3ccccc3)ccc2N1C. The normalized spacial score (nSPS) is 15.7. The Kier molecular flexibility index (Phi) is 5.64. The fourth-order valence-electron chi connectivity index (χ4n) is 3.05. The van der Waals surface area contributed by atoms with Gasteiger partial charge in [-0.2, -0.15) is 0 Å². The van der Waals surface area contributed by atoms with Gasteiger partial charge in [-0.1, -0.05) is 18.2 Å². The number of rotatable bonds is 6. The molecule has 6 heteroatoms. The summed E-state index contributed by atoms with van der Waals surface area (Å²) in [7, 11) is 3.88. The van der Waals surface area contributed by atoms with Crippen LogP contribution in [0.2, 0.25) is 0 Å². The van der Waals surface area contributed by atoms with Crippen molar-refractivity contribution in [3.63, 3.8) is 0 Å². The summed E-state index contributed by atoms with van der Waals surface area (Å²) in [6.07, 6.45) is 0.735. The number of likely N-dealkylation sites (N-methyl/N-ethyl adjacent to an activating group) is 1. The zero-order valence-corrected chi connectivity index (χ0v) is 15.9. The molecule has 0 saturated carbocycles. The van der Waals surface area contributed by atoms with Crippen LogP contribution in [-0.4, -0.2) is 45.2 Å². The minimum Gasteiger partial charge on any atom is -0.462 e. The van der Waals surface area contributed by atoms with E-state index in [9.17, 15) is 9.59 Å². The number of esters is 1. The molecule has 0 bridgehead atoms. The van der Waals surface area contributed by atoms with Gasteiger partial charge in [0.1, 0.15) is 6.04 Å². The van der Waals surface area contributed by atoms with Crippen molar-refractivity contribution in [3.8, 4) is 0 Å². The molecule has 1 N–H and O–H groups in total. The van der Waals surface area contributed by atoms with Gasteiger partial charge in [-0.25, -0.2) is 4.79 Å².